The second-order valence-corrected chi connectivity index (χ2v) is 7.87. The van der Waals surface area contributed by atoms with Crippen LogP contribution in [0.1, 0.15) is 25.2 Å². The van der Waals surface area contributed by atoms with E-state index in [1.165, 1.54) is 22.1 Å². The lowest BCUT2D eigenvalue weighted by Gasteiger charge is -2.31. The Morgan fingerprint density at radius 2 is 1.17 bits per heavy atom. The van der Waals surface area contributed by atoms with Crippen molar-refractivity contribution in [2.45, 2.75) is 19.7 Å². The van der Waals surface area contributed by atoms with Crippen molar-refractivity contribution >= 4 is 17.6 Å². The van der Waals surface area contributed by atoms with E-state index in [0.717, 1.165) is 5.69 Å². The number of nitrogens with zero attached hydrogens (tertiary/aromatic N) is 1. The van der Waals surface area contributed by atoms with E-state index in [-0.39, 0.29) is 6.71 Å². The Hall–Kier alpha value is -3.13. The fourth-order valence-corrected chi connectivity index (χ4v) is 4.39. The van der Waals surface area contributed by atoms with Gasteiger partial charge in [-0.25, -0.2) is 0 Å². The lowest BCUT2D eigenvalue weighted by molar-refractivity contribution is 0.616. The van der Waals surface area contributed by atoms with E-state index < -0.39 is 0 Å². The Kier molecular flexibility index (Phi) is 5.90. The Morgan fingerprint density at radius 1 is 0.621 bits per heavy atom. The predicted octanol–water partition coefficient (Wildman–Crippen LogP) is 5.34. The molecule has 0 N–H and O–H groups in total. The van der Waals surface area contributed by atoms with E-state index in [1.54, 1.807) is 0 Å². The van der Waals surface area contributed by atoms with Gasteiger partial charge < -0.3 is 0 Å². The molecule has 0 aliphatic carbocycles. The zero-order valence-electron chi connectivity index (χ0n) is 17.1. The van der Waals surface area contributed by atoms with Crippen molar-refractivity contribution in [2.75, 3.05) is 0 Å². The Bertz CT molecular complexity index is 990. The van der Waals surface area contributed by atoms with Gasteiger partial charge in [-0.15, -0.1) is 0 Å². The lowest BCUT2D eigenvalue weighted by atomic mass is 9.30. The average Bonchev–Trinajstić information content (AvgIpc) is 2.79. The molecule has 4 rings (SSSR count). The van der Waals surface area contributed by atoms with Crippen LogP contribution in [0.5, 0.6) is 0 Å². The van der Waals surface area contributed by atoms with Crippen LogP contribution in [0.2, 0.25) is 0 Å². The molecule has 0 spiro atoms. The van der Waals surface area contributed by atoms with E-state index >= 15 is 0 Å². The molecule has 1 nitrogen and oxygen atoms in total. The topological polar surface area (TPSA) is 12.9 Å². The molecule has 0 radical (unpaired) electrons. The molecule has 0 aliphatic rings. The summed E-state index contributed by atoms with van der Waals surface area (Å²) in [6.45, 7) is 4.94. The first-order valence-electron chi connectivity index (χ1n) is 10.4. The molecule has 1 atom stereocenters. The van der Waals surface area contributed by atoms with Gasteiger partial charge in [0.2, 0.25) is 6.71 Å². The molecule has 0 amide bonds. The van der Waals surface area contributed by atoms with Crippen LogP contribution in [0.3, 0.4) is 0 Å². The van der Waals surface area contributed by atoms with Gasteiger partial charge in [-0.1, -0.05) is 116 Å². The molecule has 4 aromatic rings. The molecule has 1 unspecified atom stereocenters. The van der Waals surface area contributed by atoms with Gasteiger partial charge in [-0.3, -0.25) is 4.98 Å². The average molecular weight is 375 g/mol. The van der Waals surface area contributed by atoms with Crippen molar-refractivity contribution in [3.63, 3.8) is 0 Å². The summed E-state index contributed by atoms with van der Waals surface area (Å²) in [7, 11) is 0. The van der Waals surface area contributed by atoms with Gasteiger partial charge in [-0.2, -0.15) is 0 Å². The molecule has 3 aromatic carbocycles. The van der Waals surface area contributed by atoms with Crippen LogP contribution >= 0.6 is 0 Å². The summed E-state index contributed by atoms with van der Waals surface area (Å²) in [6, 6.07) is 36.7. The maximum Gasteiger partial charge on any atom is 0.217 e. The predicted molar refractivity (Wildman–Crippen MR) is 125 cm³/mol. The number of hydrogen-bond acceptors (Lipinski definition) is 1. The van der Waals surface area contributed by atoms with E-state index in [0.29, 0.717) is 11.7 Å². The first kappa shape index (κ1) is 19.2. The summed E-state index contributed by atoms with van der Waals surface area (Å²) >= 11 is 0. The van der Waals surface area contributed by atoms with Gasteiger partial charge in [0.15, 0.2) is 0 Å². The SMILES string of the molecule is CC(C)C(B(c1ccccc1)c1ccccc1)c1ccccc1-c1ccccn1. The van der Waals surface area contributed by atoms with Crippen LogP contribution in [0.4, 0.5) is 0 Å². The van der Waals surface area contributed by atoms with E-state index in [4.69, 9.17) is 0 Å². The lowest BCUT2D eigenvalue weighted by Crippen LogP contribution is -2.49. The molecular weight excluding hydrogens is 349 g/mol. The van der Waals surface area contributed by atoms with Gasteiger partial charge in [0, 0.05) is 11.8 Å². The normalized spacial score (nSPS) is 12.0. The van der Waals surface area contributed by atoms with Gasteiger partial charge in [0.1, 0.15) is 0 Å². The third kappa shape index (κ3) is 4.17. The first-order valence-corrected chi connectivity index (χ1v) is 10.4. The summed E-state index contributed by atoms with van der Waals surface area (Å²) in [5.74, 6) is 0.795. The quantitative estimate of drug-likeness (QED) is 0.415. The van der Waals surface area contributed by atoms with Crippen LogP contribution in [0.15, 0.2) is 109 Å². The number of rotatable bonds is 6. The largest absolute Gasteiger partial charge is 0.256 e. The summed E-state index contributed by atoms with van der Waals surface area (Å²) in [5, 5.41) is 0. The van der Waals surface area contributed by atoms with Crippen molar-refractivity contribution in [3.8, 4) is 11.3 Å². The van der Waals surface area contributed by atoms with Crippen LogP contribution < -0.4 is 10.9 Å². The second-order valence-electron chi connectivity index (χ2n) is 7.87. The number of pyridine rings is 1. The summed E-state index contributed by atoms with van der Waals surface area (Å²) in [6.07, 6.45) is 1.88. The van der Waals surface area contributed by atoms with Crippen molar-refractivity contribution in [2.24, 2.45) is 5.92 Å². The van der Waals surface area contributed by atoms with Crippen LogP contribution in [-0.4, -0.2) is 11.7 Å². The zero-order valence-corrected chi connectivity index (χ0v) is 17.1. The summed E-state index contributed by atoms with van der Waals surface area (Å²) in [4.78, 5) is 4.66. The third-order valence-electron chi connectivity index (χ3n) is 5.66. The highest BCUT2D eigenvalue weighted by Crippen LogP contribution is 2.34. The highest BCUT2D eigenvalue weighted by Gasteiger charge is 2.34. The molecule has 2 heteroatoms. The highest BCUT2D eigenvalue weighted by molar-refractivity contribution is 6.86. The van der Waals surface area contributed by atoms with Crippen LogP contribution in [0, 0.1) is 5.92 Å². The van der Waals surface area contributed by atoms with Crippen LogP contribution in [0.25, 0.3) is 11.3 Å². The molecule has 29 heavy (non-hydrogen) atoms. The molecule has 0 fully saturated rings. The molecule has 1 aromatic heterocycles. The molecular formula is C27H26BN. The molecule has 0 bridgehead atoms. The first-order chi connectivity index (χ1) is 14.3. The van der Waals surface area contributed by atoms with E-state index in [1.807, 2.05) is 12.3 Å². The maximum atomic E-state index is 4.66. The number of hydrogen-bond donors (Lipinski definition) is 0. The molecule has 0 saturated heterocycles. The molecule has 0 aliphatic heterocycles. The Labute approximate surface area is 174 Å². The van der Waals surface area contributed by atoms with Crippen molar-refractivity contribution in [3.05, 3.63) is 115 Å². The fourth-order valence-electron chi connectivity index (χ4n) is 4.39. The van der Waals surface area contributed by atoms with E-state index in [9.17, 15) is 0 Å². The van der Waals surface area contributed by atoms with Gasteiger partial charge in [-0.05, 0) is 29.4 Å². The fraction of sp³-hybridized carbons (Fsp3) is 0.148. The third-order valence-corrected chi connectivity index (χ3v) is 5.66. The maximum absolute atomic E-state index is 4.66. The number of benzene rings is 3. The molecule has 0 saturated carbocycles. The van der Waals surface area contributed by atoms with Crippen molar-refractivity contribution in [1.82, 2.24) is 4.98 Å². The van der Waals surface area contributed by atoms with Gasteiger partial charge in [0.05, 0.1) is 5.69 Å². The van der Waals surface area contributed by atoms with Crippen LogP contribution in [-0.2, 0) is 0 Å². The zero-order chi connectivity index (χ0) is 20.1. The monoisotopic (exact) mass is 375 g/mol. The van der Waals surface area contributed by atoms with E-state index in [2.05, 4.69) is 116 Å². The molecule has 142 valence electrons. The summed E-state index contributed by atoms with van der Waals surface area (Å²) in [5.41, 5.74) is 6.33. The standard InChI is InChI=1S/C27H26BN/c1-21(2)27(25-18-10-9-17-24(25)26-19-11-12-20-29-26)28(22-13-5-3-6-14-22)23-15-7-4-8-16-23/h3-21,27H,1-2H3. The van der Waals surface area contributed by atoms with Gasteiger partial charge in [0.25, 0.3) is 0 Å². The number of aromatic nitrogens is 1. The Balaban J connectivity index is 1.91. The smallest absolute Gasteiger partial charge is 0.217 e. The highest BCUT2D eigenvalue weighted by atomic mass is 14.7. The summed E-state index contributed by atoms with van der Waals surface area (Å²) < 4.78 is 0. The Morgan fingerprint density at radius 3 is 1.72 bits per heavy atom. The van der Waals surface area contributed by atoms with Gasteiger partial charge >= 0.3 is 0 Å². The van der Waals surface area contributed by atoms with Crippen molar-refractivity contribution < 1.29 is 0 Å². The van der Waals surface area contributed by atoms with Crippen molar-refractivity contribution in [1.29, 1.82) is 0 Å². The minimum absolute atomic E-state index is 0.280. The minimum atomic E-state index is 0.280. The molecule has 1 heterocycles. The minimum Gasteiger partial charge on any atom is -0.256 e. The second kappa shape index (κ2) is 8.92.